The van der Waals surface area contributed by atoms with Crippen molar-refractivity contribution in [3.8, 4) is 5.75 Å². The van der Waals surface area contributed by atoms with Crippen molar-refractivity contribution in [1.82, 2.24) is 10.6 Å². The molecular weight excluding hydrogens is 502 g/mol. The predicted octanol–water partition coefficient (Wildman–Crippen LogP) is 6.45. The van der Waals surface area contributed by atoms with E-state index >= 15 is 0 Å². The van der Waals surface area contributed by atoms with Gasteiger partial charge in [0.15, 0.2) is 5.76 Å². The van der Waals surface area contributed by atoms with Crippen molar-refractivity contribution in [2.75, 3.05) is 11.9 Å². The second kappa shape index (κ2) is 12.7. The highest BCUT2D eigenvalue weighted by molar-refractivity contribution is 6.00. The molecule has 4 aromatic rings. The zero-order valence-corrected chi connectivity index (χ0v) is 23.0. The Morgan fingerprint density at radius 3 is 2.38 bits per heavy atom. The van der Waals surface area contributed by atoms with Crippen molar-refractivity contribution < 1.29 is 18.7 Å². The van der Waals surface area contributed by atoms with Gasteiger partial charge in [0.05, 0.1) is 0 Å². The predicted molar refractivity (Wildman–Crippen MR) is 157 cm³/mol. The molecule has 3 aromatic carbocycles. The van der Waals surface area contributed by atoms with E-state index in [1.54, 1.807) is 6.07 Å². The van der Waals surface area contributed by atoms with Gasteiger partial charge in [0.25, 0.3) is 5.91 Å². The third-order valence-corrected chi connectivity index (χ3v) is 7.63. The molecule has 1 aromatic heterocycles. The van der Waals surface area contributed by atoms with Gasteiger partial charge in [-0.05, 0) is 61.2 Å². The van der Waals surface area contributed by atoms with Crippen LogP contribution < -0.4 is 20.7 Å². The summed E-state index contributed by atoms with van der Waals surface area (Å²) in [5, 5.41) is 10.6. The lowest BCUT2D eigenvalue weighted by molar-refractivity contribution is -0.129. The third-order valence-electron chi connectivity index (χ3n) is 7.63. The van der Waals surface area contributed by atoms with E-state index < -0.39 is 5.54 Å². The van der Waals surface area contributed by atoms with Crippen LogP contribution in [0.5, 0.6) is 5.75 Å². The summed E-state index contributed by atoms with van der Waals surface area (Å²) in [6.07, 6.45) is 4.81. The van der Waals surface area contributed by atoms with Crippen molar-refractivity contribution in [3.63, 3.8) is 0 Å². The molecule has 40 heavy (non-hydrogen) atoms. The molecule has 7 nitrogen and oxygen atoms in total. The smallest absolute Gasteiger partial charge is 0.287 e. The van der Waals surface area contributed by atoms with Gasteiger partial charge in [0.1, 0.15) is 23.5 Å². The van der Waals surface area contributed by atoms with E-state index in [1.165, 1.54) is 0 Å². The zero-order valence-electron chi connectivity index (χ0n) is 23.0. The summed E-state index contributed by atoms with van der Waals surface area (Å²) in [5.41, 5.74) is 1.78. The molecular formula is C33H37N3O4. The molecule has 1 aliphatic rings. The number of amides is 2. The molecule has 0 radical (unpaired) electrons. The first-order valence-electron chi connectivity index (χ1n) is 14.2. The Balaban J connectivity index is 1.17. The highest BCUT2D eigenvalue weighted by Gasteiger charge is 2.42. The highest BCUT2D eigenvalue weighted by Crippen LogP contribution is 2.30. The number of hydrogen-bond acceptors (Lipinski definition) is 5. The summed E-state index contributed by atoms with van der Waals surface area (Å²) < 4.78 is 11.6. The van der Waals surface area contributed by atoms with E-state index in [2.05, 4.69) is 16.0 Å². The molecule has 0 aliphatic heterocycles. The minimum absolute atomic E-state index is 0.0941. The first-order chi connectivity index (χ1) is 19.5. The number of anilines is 1. The van der Waals surface area contributed by atoms with Crippen LogP contribution in [0.2, 0.25) is 0 Å². The van der Waals surface area contributed by atoms with Crippen LogP contribution in [0.3, 0.4) is 0 Å². The fourth-order valence-electron chi connectivity index (χ4n) is 5.21. The fourth-order valence-corrected chi connectivity index (χ4v) is 5.21. The van der Waals surface area contributed by atoms with Gasteiger partial charge >= 0.3 is 0 Å². The standard InChI is InChI=1S/C33H37N3O4/c1-2-26(22-34-27-15-17-28(18-16-27)39-23-24-11-5-3-6-12-24)35-32(38)33(19-9-4-10-20-33)36-31(37)30-21-25-13-7-8-14-29(25)40-30/h3,5-8,11-18,21,26,34H,2,4,9-10,19-20,22-23H2,1H3,(H,35,38)(H,36,37)/t26-/m0/s1. The summed E-state index contributed by atoms with van der Waals surface area (Å²) >= 11 is 0. The number of fused-ring (bicyclic) bond motifs is 1. The maximum atomic E-state index is 13.7. The summed E-state index contributed by atoms with van der Waals surface area (Å²) in [6.45, 7) is 3.14. The van der Waals surface area contributed by atoms with Crippen LogP contribution >= 0.6 is 0 Å². The van der Waals surface area contributed by atoms with Crippen LogP contribution in [-0.2, 0) is 11.4 Å². The summed E-state index contributed by atoms with van der Waals surface area (Å²) in [5.74, 6) is 0.544. The fraction of sp³-hybridized carbons (Fsp3) is 0.333. The molecule has 1 heterocycles. The number of hydrogen-bond donors (Lipinski definition) is 3. The number of carbonyl (C=O) groups is 2. The van der Waals surface area contributed by atoms with Gasteiger partial charge in [0.2, 0.25) is 5.91 Å². The molecule has 3 N–H and O–H groups in total. The minimum Gasteiger partial charge on any atom is -0.489 e. The molecule has 5 rings (SSSR count). The normalized spacial score (nSPS) is 15.2. The van der Waals surface area contributed by atoms with Gasteiger partial charge in [-0.2, -0.15) is 0 Å². The first-order valence-corrected chi connectivity index (χ1v) is 14.2. The Hall–Kier alpha value is -4.26. The van der Waals surface area contributed by atoms with Crippen LogP contribution in [0.15, 0.2) is 89.3 Å². The molecule has 0 bridgehead atoms. The molecule has 0 unspecified atom stereocenters. The second-order valence-electron chi connectivity index (χ2n) is 10.5. The Labute approximate surface area is 235 Å². The molecule has 1 aliphatic carbocycles. The number of carbonyl (C=O) groups excluding carboxylic acids is 2. The minimum atomic E-state index is -0.945. The lowest BCUT2D eigenvalue weighted by Crippen LogP contribution is -2.61. The number of para-hydroxylation sites is 1. The largest absolute Gasteiger partial charge is 0.489 e. The number of furan rings is 1. The number of nitrogens with one attached hydrogen (secondary N) is 3. The number of ether oxygens (including phenoxy) is 1. The lowest BCUT2D eigenvalue weighted by atomic mass is 9.80. The number of benzene rings is 3. The van der Waals surface area contributed by atoms with Gasteiger partial charge in [-0.15, -0.1) is 0 Å². The maximum Gasteiger partial charge on any atom is 0.287 e. The molecule has 7 heteroatoms. The molecule has 208 valence electrons. The SMILES string of the molecule is CC[C@@H](CNc1ccc(OCc2ccccc2)cc1)NC(=O)C1(NC(=O)c2cc3ccccc3o2)CCCCC1. The maximum absolute atomic E-state index is 13.7. The van der Waals surface area contributed by atoms with Crippen molar-refractivity contribution in [3.05, 3.63) is 96.3 Å². The summed E-state index contributed by atoms with van der Waals surface area (Å²) in [7, 11) is 0. The molecule has 1 fully saturated rings. The molecule has 2 amide bonds. The quantitative estimate of drug-likeness (QED) is 0.204. The summed E-state index contributed by atoms with van der Waals surface area (Å²) in [4.78, 5) is 26.9. The van der Waals surface area contributed by atoms with Gasteiger partial charge in [-0.1, -0.05) is 74.7 Å². The zero-order chi connectivity index (χ0) is 27.8. The summed E-state index contributed by atoms with van der Waals surface area (Å²) in [6, 6.07) is 27.1. The van der Waals surface area contributed by atoms with E-state index in [-0.39, 0.29) is 23.6 Å². The average molecular weight is 540 g/mol. The topological polar surface area (TPSA) is 92.6 Å². The lowest BCUT2D eigenvalue weighted by Gasteiger charge is -2.37. The first kappa shape index (κ1) is 27.3. The second-order valence-corrected chi connectivity index (χ2v) is 10.5. The van der Waals surface area contributed by atoms with Crippen molar-refractivity contribution in [2.45, 2.75) is 63.6 Å². The Morgan fingerprint density at radius 1 is 0.925 bits per heavy atom. The molecule has 0 spiro atoms. The van der Waals surface area contributed by atoms with E-state index in [4.69, 9.17) is 9.15 Å². The van der Waals surface area contributed by atoms with Crippen molar-refractivity contribution in [2.24, 2.45) is 0 Å². The molecule has 0 saturated heterocycles. The van der Waals surface area contributed by atoms with Gasteiger partial charge in [0, 0.05) is 23.7 Å². The van der Waals surface area contributed by atoms with Gasteiger partial charge in [-0.25, -0.2) is 0 Å². The van der Waals surface area contributed by atoms with E-state index in [1.807, 2.05) is 85.8 Å². The van der Waals surface area contributed by atoms with Crippen LogP contribution in [-0.4, -0.2) is 29.9 Å². The van der Waals surface area contributed by atoms with E-state index in [9.17, 15) is 9.59 Å². The van der Waals surface area contributed by atoms with E-state index in [0.29, 0.717) is 31.6 Å². The molecule has 1 atom stereocenters. The van der Waals surface area contributed by atoms with Crippen LogP contribution in [0.1, 0.15) is 61.6 Å². The van der Waals surface area contributed by atoms with Crippen LogP contribution in [0.4, 0.5) is 5.69 Å². The number of rotatable bonds is 11. The Morgan fingerprint density at radius 2 is 1.65 bits per heavy atom. The van der Waals surface area contributed by atoms with Crippen LogP contribution in [0, 0.1) is 0 Å². The van der Waals surface area contributed by atoms with Crippen LogP contribution in [0.25, 0.3) is 11.0 Å². The van der Waals surface area contributed by atoms with E-state index in [0.717, 1.165) is 48.1 Å². The van der Waals surface area contributed by atoms with Crippen molar-refractivity contribution >= 4 is 28.5 Å². The van der Waals surface area contributed by atoms with Gasteiger partial charge < -0.3 is 25.1 Å². The van der Waals surface area contributed by atoms with Gasteiger partial charge in [-0.3, -0.25) is 9.59 Å². The highest BCUT2D eigenvalue weighted by atomic mass is 16.5. The third kappa shape index (κ3) is 6.65. The van der Waals surface area contributed by atoms with Crippen molar-refractivity contribution in [1.29, 1.82) is 0 Å². The Kier molecular flexibility index (Phi) is 8.69. The molecule has 1 saturated carbocycles. The Bertz CT molecular complexity index is 1380. The average Bonchev–Trinajstić information content (AvgIpc) is 3.44. The monoisotopic (exact) mass is 539 g/mol.